The lowest BCUT2D eigenvalue weighted by Gasteiger charge is -2.20. The molecule has 0 N–H and O–H groups in total. The lowest BCUT2D eigenvalue weighted by molar-refractivity contribution is -0.118. The molecular formula is C21H14ClF2N3OS. The number of thiazole rings is 1. The summed E-state index contributed by atoms with van der Waals surface area (Å²) in [6, 6.07) is 12.6. The van der Waals surface area contributed by atoms with E-state index >= 15 is 0 Å². The maximum absolute atomic E-state index is 14.1. The molecule has 0 aliphatic heterocycles. The molecule has 4 rings (SSSR count). The minimum atomic E-state index is -0.756. The highest BCUT2D eigenvalue weighted by molar-refractivity contribution is 7.22. The van der Waals surface area contributed by atoms with Crippen LogP contribution in [-0.2, 0) is 17.8 Å². The highest BCUT2D eigenvalue weighted by atomic mass is 35.5. The molecule has 2 heterocycles. The van der Waals surface area contributed by atoms with Crippen molar-refractivity contribution < 1.29 is 13.6 Å². The number of pyridine rings is 1. The molecular weight excluding hydrogens is 416 g/mol. The van der Waals surface area contributed by atoms with Crippen LogP contribution in [0.15, 0.2) is 60.9 Å². The van der Waals surface area contributed by atoms with E-state index in [1.165, 1.54) is 11.0 Å². The quantitative estimate of drug-likeness (QED) is 0.426. The number of aromatic nitrogens is 2. The Morgan fingerprint density at radius 3 is 2.62 bits per heavy atom. The number of hydrogen-bond donors (Lipinski definition) is 0. The zero-order valence-electron chi connectivity index (χ0n) is 15.0. The number of carbonyl (C=O) groups excluding carboxylic acids is 1. The molecule has 2 aromatic heterocycles. The number of nitrogens with zero attached hydrogens (tertiary/aromatic N) is 3. The smallest absolute Gasteiger partial charge is 0.233 e. The predicted molar refractivity (Wildman–Crippen MR) is 110 cm³/mol. The van der Waals surface area contributed by atoms with Crippen molar-refractivity contribution in [3.63, 3.8) is 0 Å². The molecule has 4 nitrogen and oxygen atoms in total. The van der Waals surface area contributed by atoms with Gasteiger partial charge in [0.2, 0.25) is 5.91 Å². The molecule has 0 bridgehead atoms. The highest BCUT2D eigenvalue weighted by Crippen LogP contribution is 2.32. The second kappa shape index (κ2) is 8.23. The maximum atomic E-state index is 14.1. The van der Waals surface area contributed by atoms with E-state index in [9.17, 15) is 13.6 Å². The molecule has 1 amide bonds. The molecule has 0 atom stereocenters. The minimum Gasteiger partial charge on any atom is -0.283 e. The van der Waals surface area contributed by atoms with Crippen molar-refractivity contribution in [2.45, 2.75) is 13.0 Å². The van der Waals surface area contributed by atoms with Gasteiger partial charge >= 0.3 is 0 Å². The van der Waals surface area contributed by atoms with Gasteiger partial charge in [-0.15, -0.1) is 0 Å². The maximum Gasteiger partial charge on any atom is 0.233 e. The Labute approximate surface area is 174 Å². The van der Waals surface area contributed by atoms with Gasteiger partial charge in [-0.25, -0.2) is 13.8 Å². The van der Waals surface area contributed by atoms with Crippen molar-refractivity contribution in [1.82, 2.24) is 9.97 Å². The van der Waals surface area contributed by atoms with Crippen molar-refractivity contribution >= 4 is 44.2 Å². The van der Waals surface area contributed by atoms with Gasteiger partial charge < -0.3 is 0 Å². The number of rotatable bonds is 5. The van der Waals surface area contributed by atoms with Gasteiger partial charge in [0, 0.05) is 23.5 Å². The van der Waals surface area contributed by atoms with Gasteiger partial charge in [0.25, 0.3) is 0 Å². The summed E-state index contributed by atoms with van der Waals surface area (Å²) in [5, 5.41) is 0.879. The summed E-state index contributed by atoms with van der Waals surface area (Å²) in [5.74, 6) is -1.67. The monoisotopic (exact) mass is 429 g/mol. The van der Waals surface area contributed by atoms with Crippen LogP contribution in [0.4, 0.5) is 13.9 Å². The lowest BCUT2D eigenvalue weighted by atomic mass is 10.1. The number of halogens is 3. The van der Waals surface area contributed by atoms with Gasteiger partial charge in [-0.05, 0) is 35.4 Å². The molecule has 0 saturated carbocycles. The third kappa shape index (κ3) is 4.41. The Morgan fingerprint density at radius 2 is 1.90 bits per heavy atom. The Kier molecular flexibility index (Phi) is 5.51. The van der Waals surface area contributed by atoms with Crippen LogP contribution in [0.3, 0.4) is 0 Å². The Bertz CT molecular complexity index is 1170. The van der Waals surface area contributed by atoms with Crippen LogP contribution < -0.4 is 4.90 Å². The number of fused-ring (bicyclic) bond motifs is 1. The van der Waals surface area contributed by atoms with Crippen LogP contribution in [0.25, 0.3) is 10.2 Å². The zero-order valence-corrected chi connectivity index (χ0v) is 16.6. The summed E-state index contributed by atoms with van der Waals surface area (Å²) in [6.07, 6.45) is 3.40. The summed E-state index contributed by atoms with van der Waals surface area (Å²) in [4.78, 5) is 22.9. The number of anilines is 1. The summed E-state index contributed by atoms with van der Waals surface area (Å²) in [7, 11) is 0. The van der Waals surface area contributed by atoms with Crippen molar-refractivity contribution in [2.75, 3.05) is 4.90 Å². The molecule has 4 aromatic rings. The van der Waals surface area contributed by atoms with Gasteiger partial charge in [-0.1, -0.05) is 41.1 Å². The summed E-state index contributed by atoms with van der Waals surface area (Å²) < 4.78 is 28.0. The zero-order chi connectivity index (χ0) is 20.4. The third-order valence-electron chi connectivity index (χ3n) is 4.27. The Hall–Kier alpha value is -2.90. The van der Waals surface area contributed by atoms with Gasteiger partial charge in [0.1, 0.15) is 11.3 Å². The van der Waals surface area contributed by atoms with Crippen molar-refractivity contribution in [3.05, 3.63) is 88.7 Å². The molecule has 0 radical (unpaired) electrons. The van der Waals surface area contributed by atoms with E-state index < -0.39 is 11.6 Å². The molecule has 0 fully saturated rings. The average molecular weight is 430 g/mol. The van der Waals surface area contributed by atoms with Gasteiger partial charge in [-0.3, -0.25) is 14.7 Å². The number of amides is 1. The van der Waals surface area contributed by atoms with E-state index in [-0.39, 0.29) is 24.4 Å². The Morgan fingerprint density at radius 1 is 1.10 bits per heavy atom. The lowest BCUT2D eigenvalue weighted by Crippen LogP contribution is -2.31. The molecule has 0 saturated heterocycles. The number of benzene rings is 2. The molecule has 8 heteroatoms. The number of carbonyl (C=O) groups is 1. The number of hydrogen-bond acceptors (Lipinski definition) is 4. The standard InChI is InChI=1S/C21H14ClF2N3OS/c22-15-5-3-13(4-6-15)8-19(28)27(12-14-2-1-7-25-11-14)21-26-20-17(24)9-16(23)10-18(20)29-21/h1-7,9-11H,8,12H2. The van der Waals surface area contributed by atoms with E-state index in [1.807, 2.05) is 6.07 Å². The SMILES string of the molecule is O=C(Cc1ccc(Cl)cc1)N(Cc1cccnc1)c1nc2c(F)cc(F)cc2s1. The van der Waals surface area contributed by atoms with Crippen LogP contribution in [0.5, 0.6) is 0 Å². The second-order valence-electron chi connectivity index (χ2n) is 6.38. The topological polar surface area (TPSA) is 46.1 Å². The highest BCUT2D eigenvalue weighted by Gasteiger charge is 2.22. The van der Waals surface area contributed by atoms with Crippen LogP contribution in [0, 0.1) is 11.6 Å². The van der Waals surface area contributed by atoms with Crippen LogP contribution in [-0.4, -0.2) is 15.9 Å². The normalized spacial score (nSPS) is 11.0. The van der Waals surface area contributed by atoms with E-state index in [4.69, 9.17) is 11.6 Å². The van der Waals surface area contributed by atoms with Gasteiger partial charge in [0.05, 0.1) is 17.7 Å². The fourth-order valence-electron chi connectivity index (χ4n) is 2.87. The summed E-state index contributed by atoms with van der Waals surface area (Å²) in [5.41, 5.74) is 1.62. The molecule has 0 unspecified atom stereocenters. The molecule has 0 aliphatic carbocycles. The predicted octanol–water partition coefficient (Wildman–Crippen LogP) is 5.40. The van der Waals surface area contributed by atoms with Gasteiger partial charge in [0.15, 0.2) is 10.9 Å². The average Bonchev–Trinajstić information content (AvgIpc) is 3.12. The Balaban J connectivity index is 1.70. The summed E-state index contributed by atoms with van der Waals surface area (Å²) >= 11 is 6.98. The first-order chi connectivity index (χ1) is 14.0. The van der Waals surface area contributed by atoms with Gasteiger partial charge in [-0.2, -0.15) is 0 Å². The van der Waals surface area contributed by atoms with Crippen LogP contribution in [0.2, 0.25) is 5.02 Å². The van der Waals surface area contributed by atoms with E-state index in [2.05, 4.69) is 9.97 Å². The first-order valence-electron chi connectivity index (χ1n) is 8.69. The van der Waals surface area contributed by atoms with E-state index in [0.717, 1.165) is 28.5 Å². The van der Waals surface area contributed by atoms with Crippen LogP contribution >= 0.6 is 22.9 Å². The molecule has 2 aromatic carbocycles. The molecule has 146 valence electrons. The fraction of sp³-hybridized carbons (Fsp3) is 0.0952. The summed E-state index contributed by atoms with van der Waals surface area (Å²) in [6.45, 7) is 0.212. The van der Waals surface area contributed by atoms with Crippen LogP contribution in [0.1, 0.15) is 11.1 Å². The first kappa shape index (κ1) is 19.4. The van der Waals surface area contributed by atoms with Crippen molar-refractivity contribution in [3.8, 4) is 0 Å². The molecule has 0 spiro atoms. The second-order valence-corrected chi connectivity index (χ2v) is 7.82. The fourth-order valence-corrected chi connectivity index (χ4v) is 4.02. The third-order valence-corrected chi connectivity index (χ3v) is 5.54. The molecule has 29 heavy (non-hydrogen) atoms. The van der Waals surface area contributed by atoms with E-state index in [0.29, 0.717) is 14.9 Å². The molecule has 0 aliphatic rings. The van der Waals surface area contributed by atoms with E-state index in [1.54, 1.807) is 42.7 Å². The van der Waals surface area contributed by atoms with Crippen molar-refractivity contribution in [2.24, 2.45) is 0 Å². The van der Waals surface area contributed by atoms with Crippen molar-refractivity contribution in [1.29, 1.82) is 0 Å². The minimum absolute atomic E-state index is 0.0434. The largest absolute Gasteiger partial charge is 0.283 e. The first-order valence-corrected chi connectivity index (χ1v) is 9.88.